The van der Waals surface area contributed by atoms with E-state index in [1.807, 2.05) is 0 Å². The van der Waals surface area contributed by atoms with Crippen LogP contribution in [0.5, 0.6) is 0 Å². The van der Waals surface area contributed by atoms with Gasteiger partial charge >= 0.3 is 17.9 Å². The van der Waals surface area contributed by atoms with E-state index >= 15 is 0 Å². The van der Waals surface area contributed by atoms with Crippen LogP contribution in [0.4, 0.5) is 0 Å². The first-order chi connectivity index (χ1) is 34.5. The molecule has 0 radical (unpaired) electrons. The molecule has 0 aromatic carbocycles. The average Bonchev–Trinajstić information content (AvgIpc) is 3.36. The van der Waals surface area contributed by atoms with Gasteiger partial charge in [-0.05, 0) is 122 Å². The first kappa shape index (κ1) is 66.3. The maximum atomic E-state index is 12.9. The topological polar surface area (TPSA) is 78.9 Å². The standard InChI is InChI=1S/C64H108O6/c1-4-7-10-13-16-19-22-25-27-29-31-32-33-35-36-39-42-45-48-51-54-57-63(66)69-60-61(59-68-62(65)56-53-50-47-44-41-38-24-21-18-15-12-9-6-3)70-64(67)58-55-52-49-46-43-40-37-34-30-28-26-23-20-17-14-11-8-5-2/h9,12,18,20-23,25,28-31,33,35,38,41,61H,4-8,10-11,13-17,19,24,26-27,32,34,36-37,39-40,42-60H2,1-3H3/b12-9-,21-18-,23-20-,25-22-,30-28-,31-29-,35-33-,41-38-. The number of hydrogen-bond acceptors (Lipinski definition) is 6. The number of allylic oxidation sites excluding steroid dienone is 16. The minimum absolute atomic E-state index is 0.0978. The van der Waals surface area contributed by atoms with Gasteiger partial charge in [-0.1, -0.05) is 227 Å². The van der Waals surface area contributed by atoms with Crippen LogP contribution in [0.25, 0.3) is 0 Å². The molecule has 1 unspecified atom stereocenters. The highest BCUT2D eigenvalue weighted by molar-refractivity contribution is 5.71. The summed E-state index contributed by atoms with van der Waals surface area (Å²) in [7, 11) is 0. The number of unbranched alkanes of at least 4 members (excludes halogenated alkanes) is 25. The minimum atomic E-state index is -0.801. The van der Waals surface area contributed by atoms with Crippen molar-refractivity contribution in [1.82, 2.24) is 0 Å². The molecule has 0 aliphatic carbocycles. The number of carbonyl (C=O) groups is 3. The molecule has 0 aromatic rings. The highest BCUT2D eigenvalue weighted by Crippen LogP contribution is 2.14. The fraction of sp³-hybridized carbons (Fsp3) is 0.703. The first-order valence-corrected chi connectivity index (χ1v) is 29.2. The lowest BCUT2D eigenvalue weighted by atomic mass is 10.1. The van der Waals surface area contributed by atoms with Crippen molar-refractivity contribution in [2.75, 3.05) is 13.2 Å². The largest absolute Gasteiger partial charge is 0.462 e. The lowest BCUT2D eigenvalue weighted by Crippen LogP contribution is -2.30. The fourth-order valence-electron chi connectivity index (χ4n) is 7.91. The van der Waals surface area contributed by atoms with Crippen molar-refractivity contribution in [3.63, 3.8) is 0 Å². The number of hydrogen-bond donors (Lipinski definition) is 0. The zero-order chi connectivity index (χ0) is 50.7. The molecule has 0 spiro atoms. The van der Waals surface area contributed by atoms with Gasteiger partial charge in [0.05, 0.1) is 0 Å². The summed E-state index contributed by atoms with van der Waals surface area (Å²) in [4.78, 5) is 38.2. The van der Waals surface area contributed by atoms with Crippen molar-refractivity contribution in [2.45, 2.75) is 277 Å². The van der Waals surface area contributed by atoms with Gasteiger partial charge in [0, 0.05) is 19.3 Å². The van der Waals surface area contributed by atoms with E-state index in [-0.39, 0.29) is 31.1 Å². The molecule has 0 bridgehead atoms. The summed E-state index contributed by atoms with van der Waals surface area (Å²) in [6, 6.07) is 0. The Morgan fingerprint density at radius 3 is 0.900 bits per heavy atom. The Balaban J connectivity index is 4.43. The van der Waals surface area contributed by atoms with Crippen LogP contribution < -0.4 is 0 Å². The molecule has 0 saturated heterocycles. The second-order valence-corrected chi connectivity index (χ2v) is 19.2. The molecule has 0 saturated carbocycles. The maximum absolute atomic E-state index is 12.9. The third kappa shape index (κ3) is 55.3. The summed E-state index contributed by atoms with van der Waals surface area (Å²) in [5, 5.41) is 0. The van der Waals surface area contributed by atoms with Crippen molar-refractivity contribution in [3.8, 4) is 0 Å². The van der Waals surface area contributed by atoms with Crippen LogP contribution in [-0.2, 0) is 28.6 Å². The van der Waals surface area contributed by atoms with Crippen LogP contribution in [0.15, 0.2) is 97.2 Å². The van der Waals surface area contributed by atoms with Gasteiger partial charge in [0.2, 0.25) is 0 Å². The van der Waals surface area contributed by atoms with E-state index in [1.165, 1.54) is 116 Å². The molecule has 0 rings (SSSR count). The van der Waals surface area contributed by atoms with Crippen LogP contribution >= 0.6 is 0 Å². The van der Waals surface area contributed by atoms with Crippen molar-refractivity contribution < 1.29 is 28.6 Å². The van der Waals surface area contributed by atoms with Crippen molar-refractivity contribution in [3.05, 3.63) is 97.2 Å². The Labute approximate surface area is 432 Å². The van der Waals surface area contributed by atoms with E-state index < -0.39 is 6.10 Å². The molecule has 400 valence electrons. The molecule has 1 atom stereocenters. The third-order valence-electron chi connectivity index (χ3n) is 12.3. The highest BCUT2D eigenvalue weighted by atomic mass is 16.6. The molecule has 0 amide bonds. The van der Waals surface area contributed by atoms with Gasteiger partial charge in [0.1, 0.15) is 13.2 Å². The molecule has 0 aromatic heterocycles. The van der Waals surface area contributed by atoms with Gasteiger partial charge in [0.15, 0.2) is 6.10 Å². The molecule has 0 fully saturated rings. The van der Waals surface area contributed by atoms with Gasteiger partial charge in [-0.2, -0.15) is 0 Å². The summed E-state index contributed by atoms with van der Waals surface area (Å²) in [5.74, 6) is -0.944. The first-order valence-electron chi connectivity index (χ1n) is 29.2. The van der Waals surface area contributed by atoms with E-state index in [1.54, 1.807) is 0 Å². The molecule has 70 heavy (non-hydrogen) atoms. The molecule has 0 aliphatic heterocycles. The summed E-state index contributed by atoms with van der Waals surface area (Å²) in [5.41, 5.74) is 0. The van der Waals surface area contributed by atoms with Gasteiger partial charge < -0.3 is 14.2 Å². The van der Waals surface area contributed by atoms with Crippen molar-refractivity contribution in [2.24, 2.45) is 0 Å². The summed E-state index contributed by atoms with van der Waals surface area (Å²) < 4.78 is 16.8. The van der Waals surface area contributed by atoms with Crippen LogP contribution in [0.3, 0.4) is 0 Å². The zero-order valence-corrected chi connectivity index (χ0v) is 45.8. The van der Waals surface area contributed by atoms with E-state index in [0.717, 1.165) is 116 Å². The molecule has 0 heterocycles. The lowest BCUT2D eigenvalue weighted by molar-refractivity contribution is -0.167. The minimum Gasteiger partial charge on any atom is -0.462 e. The Morgan fingerprint density at radius 2 is 0.557 bits per heavy atom. The third-order valence-corrected chi connectivity index (χ3v) is 12.3. The van der Waals surface area contributed by atoms with Crippen LogP contribution in [0.1, 0.15) is 271 Å². The molecular weight excluding hydrogens is 865 g/mol. The normalized spacial score (nSPS) is 12.8. The van der Waals surface area contributed by atoms with E-state index in [9.17, 15) is 14.4 Å². The molecule has 0 aliphatic rings. The Hall–Kier alpha value is -3.67. The maximum Gasteiger partial charge on any atom is 0.306 e. The number of esters is 3. The van der Waals surface area contributed by atoms with Gasteiger partial charge in [-0.15, -0.1) is 0 Å². The van der Waals surface area contributed by atoms with Crippen LogP contribution in [0, 0.1) is 0 Å². The van der Waals surface area contributed by atoms with Gasteiger partial charge in [0.25, 0.3) is 0 Å². The summed E-state index contributed by atoms with van der Waals surface area (Å²) in [6.45, 7) is 6.46. The SMILES string of the molecule is CC/C=C\C/C=C\C/C=C\CCCCCC(=O)OCC(COC(=O)CCCCCCCC/C=C\C/C=C\C/C=C\CCCCCCC)OC(=O)CCCCCCCCC/C=C\C/C=C\CCCCCC. The van der Waals surface area contributed by atoms with Crippen LogP contribution in [0.2, 0.25) is 0 Å². The Morgan fingerprint density at radius 1 is 0.300 bits per heavy atom. The van der Waals surface area contributed by atoms with E-state index in [2.05, 4.69) is 118 Å². The average molecular weight is 974 g/mol. The molecule has 0 N–H and O–H groups in total. The predicted molar refractivity (Wildman–Crippen MR) is 302 cm³/mol. The van der Waals surface area contributed by atoms with Gasteiger partial charge in [-0.25, -0.2) is 0 Å². The molecule has 6 nitrogen and oxygen atoms in total. The zero-order valence-electron chi connectivity index (χ0n) is 45.8. The Kier molecular flexibility index (Phi) is 54.9. The number of carbonyl (C=O) groups excluding carboxylic acids is 3. The predicted octanol–water partition coefficient (Wildman–Crippen LogP) is 19.7. The monoisotopic (exact) mass is 973 g/mol. The number of ether oxygens (including phenoxy) is 3. The lowest BCUT2D eigenvalue weighted by Gasteiger charge is -2.18. The van der Waals surface area contributed by atoms with E-state index in [0.29, 0.717) is 19.3 Å². The summed E-state index contributed by atoms with van der Waals surface area (Å²) in [6.07, 6.45) is 76.8. The second kappa shape index (κ2) is 57.9. The highest BCUT2D eigenvalue weighted by Gasteiger charge is 2.19. The van der Waals surface area contributed by atoms with Crippen LogP contribution in [-0.4, -0.2) is 37.2 Å². The molecular formula is C64H108O6. The quantitative estimate of drug-likeness (QED) is 0.0262. The van der Waals surface area contributed by atoms with Gasteiger partial charge in [-0.3, -0.25) is 14.4 Å². The van der Waals surface area contributed by atoms with Crippen molar-refractivity contribution >= 4 is 17.9 Å². The Bertz CT molecular complexity index is 1400. The van der Waals surface area contributed by atoms with E-state index in [4.69, 9.17) is 14.2 Å². The smallest absolute Gasteiger partial charge is 0.306 e. The summed E-state index contributed by atoms with van der Waals surface area (Å²) >= 11 is 0. The number of rotatable bonds is 52. The second-order valence-electron chi connectivity index (χ2n) is 19.2. The van der Waals surface area contributed by atoms with Crippen molar-refractivity contribution in [1.29, 1.82) is 0 Å². The molecule has 6 heteroatoms. The fourth-order valence-corrected chi connectivity index (χ4v) is 7.91.